The van der Waals surface area contributed by atoms with E-state index < -0.39 is 25.9 Å². The lowest BCUT2D eigenvalue weighted by Crippen LogP contribution is -2.17. The molecule has 0 aliphatic heterocycles. The second-order valence-electron chi connectivity index (χ2n) is 0.658. The molecule has 0 aliphatic carbocycles. The highest BCUT2D eigenvalue weighted by Crippen LogP contribution is 1.85. The Balaban J connectivity index is 5.70. The van der Waals surface area contributed by atoms with Gasteiger partial charge in [0.05, 0.1) is 14.9 Å². The van der Waals surface area contributed by atoms with Crippen molar-refractivity contribution in [2.24, 2.45) is 0 Å². The maximum absolute atomic E-state index is 7.27. The summed E-state index contributed by atoms with van der Waals surface area (Å²) in [5.41, 5.74) is 0. The number of aliphatic hydroxyl groups is 2. The Labute approximate surface area is 51.6 Å². The molecule has 0 fully saturated rings. The lowest BCUT2D eigenvalue weighted by Gasteiger charge is -2.03. The molecule has 2 heteroatoms. The zero-order valence-electron chi connectivity index (χ0n) is 12.8. The number of hydrogen-bond acceptors (Lipinski definition) is 2. The molecule has 2 unspecified atom stereocenters. The van der Waals surface area contributed by atoms with Crippen molar-refractivity contribution in [2.45, 2.75) is 25.9 Å². The third kappa shape index (κ3) is 2.18. The first-order chi connectivity index (χ1) is 6.87. The smallest absolute Gasteiger partial charge is 0.211 e. The molecule has 0 rings (SSSR count). The van der Waals surface area contributed by atoms with Gasteiger partial charge in [0.15, 0.2) is 0 Å². The van der Waals surface area contributed by atoms with Gasteiger partial charge in [0.2, 0.25) is 2.86 Å². The molecule has 2 atom stereocenters. The second kappa shape index (κ2) is 2.16. The summed E-state index contributed by atoms with van der Waals surface area (Å²) < 4.78 is 68.8. The fourth-order valence-corrected chi connectivity index (χ4v) is 0. The molecule has 0 aromatic carbocycles. The summed E-state index contributed by atoms with van der Waals surface area (Å²) in [6, 6.07) is 0. The molecule has 0 heterocycles. The van der Waals surface area contributed by atoms with Crippen LogP contribution in [0.2, 0.25) is 0 Å². The van der Waals surface area contributed by atoms with Gasteiger partial charge >= 0.3 is 0 Å². The molecule has 0 amide bonds. The Hall–Kier alpha value is -0.0800. The van der Waals surface area contributed by atoms with E-state index in [1.54, 1.807) is 0 Å². The Morgan fingerprint density at radius 2 is 2.17 bits per heavy atom. The first-order valence-electron chi connectivity index (χ1n) is 5.97. The van der Waals surface area contributed by atoms with Gasteiger partial charge in [-0.05, 0) is 13.7 Å². The molecule has 0 bridgehead atoms. The summed E-state index contributed by atoms with van der Waals surface area (Å²) in [7, 11) is 0. The molecule has 0 aromatic rings. The highest BCUT2D eigenvalue weighted by molar-refractivity contribution is 4.50. The predicted molar refractivity (Wildman–Crippen MR) is 23.4 cm³/mol. The number of rotatable bonds is 3. The minimum absolute atomic E-state index is 3.44. The molecule has 0 aromatic heterocycles. The Kier molecular flexibility index (Phi) is 0.231. The van der Waals surface area contributed by atoms with Crippen LogP contribution in [0.25, 0.3) is 0 Å². The van der Waals surface area contributed by atoms with Crippen LogP contribution in [0.4, 0.5) is 0 Å². The van der Waals surface area contributed by atoms with Crippen LogP contribution in [-0.4, -0.2) is 25.2 Å². The van der Waals surface area contributed by atoms with Crippen molar-refractivity contribution < 1.29 is 21.2 Å². The van der Waals surface area contributed by atoms with Crippen LogP contribution in [0, 0.1) is 0 Å². The van der Waals surface area contributed by atoms with Crippen LogP contribution in [0.3, 0.4) is 0 Å². The summed E-state index contributed by atoms with van der Waals surface area (Å²) in [6.07, 6.45) is -7.04. The van der Waals surface area contributed by atoms with E-state index in [1.165, 1.54) is 0 Å². The van der Waals surface area contributed by atoms with Gasteiger partial charge in [-0.15, -0.1) is 0 Å². The topological polar surface area (TPSA) is 40.5 Å². The molecule has 2 nitrogen and oxygen atoms in total. The fraction of sp³-hybridized carbons (Fsp3) is 1.00. The summed E-state index contributed by atoms with van der Waals surface area (Å²) in [4.78, 5) is 0. The van der Waals surface area contributed by atoms with E-state index in [0.717, 1.165) is 0 Å². The highest BCUT2D eigenvalue weighted by atomic mass is 16.3. The van der Waals surface area contributed by atoms with Crippen LogP contribution < -0.4 is 0 Å². The van der Waals surface area contributed by atoms with Gasteiger partial charge in [-0.2, -0.15) is 0 Å². The largest absolute Gasteiger partial charge is 0.391 e. The monoisotopic (exact) mass is 100 g/mol. The van der Waals surface area contributed by atoms with Crippen LogP contribution in [0.5, 0.6) is 0 Å². The van der Waals surface area contributed by atoms with Crippen LogP contribution >= 0.6 is 0 Å². The third-order valence-electron chi connectivity index (χ3n) is 0.206. The maximum atomic E-state index is 7.27. The van der Waals surface area contributed by atoms with E-state index >= 15 is 0 Å². The van der Waals surface area contributed by atoms with E-state index in [0.29, 0.717) is 0 Å². The lowest BCUT2D eigenvalue weighted by molar-refractivity contribution is 0.0438. The molecule has 2 N–H and O–H groups in total. The van der Waals surface area contributed by atoms with Crippen LogP contribution in [-0.2, 0) is 0 Å². The van der Waals surface area contributed by atoms with Gasteiger partial charge in [0, 0.05) is 8.22 Å². The van der Waals surface area contributed by atoms with Crippen molar-refractivity contribution >= 4 is 0 Å². The van der Waals surface area contributed by atoms with E-state index in [-0.39, 0.29) is 0 Å². The molecule has 0 spiro atoms. The van der Waals surface area contributed by atoms with Gasteiger partial charge in [0.1, 0.15) is 0 Å². The van der Waals surface area contributed by atoms with E-state index in [1.807, 2.05) is 0 Å². The van der Waals surface area contributed by atoms with Gasteiger partial charge in [-0.25, -0.2) is 0 Å². The zero-order chi connectivity index (χ0) is 13.4. The molecule has 0 saturated heterocycles. The predicted octanol–water partition coefficient (Wildman–Crippen LogP) is -0.252. The second-order valence-corrected chi connectivity index (χ2v) is 0.658. The molecule has 6 heavy (non-hydrogen) atoms. The molecule has 0 saturated carbocycles. The molecule has 38 valence electrons. The highest BCUT2D eigenvalue weighted by Gasteiger charge is 1.99. The quantitative estimate of drug-likeness (QED) is 0.513. The normalized spacial score (nSPS) is 58.7. The minimum Gasteiger partial charge on any atom is -0.391 e. The average molecular weight is 100 g/mol. The summed E-state index contributed by atoms with van der Waals surface area (Å²) >= 11 is 0. The molecular weight excluding hydrogens is 80.0 g/mol. The summed E-state index contributed by atoms with van der Waals surface area (Å²) in [5, 5.41) is 7.09. The Bertz CT molecular complexity index is 220. The van der Waals surface area contributed by atoms with Crippen molar-refractivity contribution in [2.75, 3.05) is 0 Å². The van der Waals surface area contributed by atoms with Crippen LogP contribution in [0.15, 0.2) is 0 Å². The van der Waals surface area contributed by atoms with Crippen molar-refractivity contribution in [1.82, 2.24) is 0 Å². The first-order valence-corrected chi connectivity index (χ1v) is 1.16. The van der Waals surface area contributed by atoms with Crippen molar-refractivity contribution in [1.29, 1.82) is 2.86 Å². The Morgan fingerprint density at radius 3 is 2.33 bits per heavy atom. The van der Waals surface area contributed by atoms with Crippen molar-refractivity contribution in [3.63, 3.8) is 0 Å². The van der Waals surface area contributed by atoms with Crippen molar-refractivity contribution in [3.05, 3.63) is 0 Å². The molecule has 0 radical (unpaired) electrons. The lowest BCUT2D eigenvalue weighted by atomic mass is 10.3. The van der Waals surface area contributed by atoms with Crippen LogP contribution in [0.1, 0.15) is 24.7 Å². The van der Waals surface area contributed by atoms with Gasteiger partial charge in [0.25, 0.3) is 0 Å². The number of hydrogen-bond donors (Lipinski definition) is 2. The molecule has 0 aliphatic rings. The van der Waals surface area contributed by atoms with Crippen molar-refractivity contribution in [3.8, 4) is 0 Å². The summed E-state index contributed by atoms with van der Waals surface area (Å²) in [5.74, 6) is 0. The van der Waals surface area contributed by atoms with Gasteiger partial charge in [-0.3, -0.25) is 0 Å². The fourth-order valence-electron chi connectivity index (χ4n) is 0. The Morgan fingerprint density at radius 1 is 1.67 bits per heavy atom. The third-order valence-corrected chi connectivity index (χ3v) is 0.206. The van der Waals surface area contributed by atoms with Gasteiger partial charge in [-0.1, -0.05) is 0 Å². The SMILES string of the molecule is [2H]OC([2H])(C([2H])([2H])[2H])C([2H])(O[2H])C([2H])([2H])[2H]. The standard InChI is InChI=1S/C4H10O2/c1-3(5)4(2)6/h3-6H,1-2H3/i1D3,2D3,3D,4D,5D,6D. The average Bonchev–Trinajstić information content (AvgIpc) is 2.11. The van der Waals surface area contributed by atoms with E-state index in [2.05, 4.69) is 10.2 Å². The molecular formula is C4H10O2. The maximum Gasteiger partial charge on any atom is 0.211 e. The van der Waals surface area contributed by atoms with E-state index in [9.17, 15) is 0 Å². The zero-order valence-corrected chi connectivity index (χ0v) is 2.82. The minimum atomic E-state index is -3.52. The van der Waals surface area contributed by atoms with E-state index in [4.69, 9.17) is 13.8 Å². The van der Waals surface area contributed by atoms with Gasteiger partial charge < -0.3 is 10.2 Å². The summed E-state index contributed by atoms with van der Waals surface area (Å²) in [6.45, 7) is -6.88. The first kappa shape index (κ1) is 0.644.